The van der Waals surface area contributed by atoms with Crippen molar-refractivity contribution in [1.29, 1.82) is 0 Å². The van der Waals surface area contributed by atoms with Crippen molar-refractivity contribution in [3.05, 3.63) is 436 Å². The minimum atomic E-state index is -0.375. The van der Waals surface area contributed by atoms with E-state index in [0.717, 1.165) is 53.2 Å². The molecular formula is C109H66Br3N3S5. The molecule has 0 atom stereocenters. The molecule has 11 heteroatoms. The fourth-order valence-electron chi connectivity index (χ4n) is 18.5. The third kappa shape index (κ3) is 12.5. The molecule has 0 amide bonds. The van der Waals surface area contributed by atoms with Gasteiger partial charge in [0.1, 0.15) is 0 Å². The molecule has 23 aromatic rings. The van der Waals surface area contributed by atoms with E-state index in [1.807, 2.05) is 56.7 Å². The summed E-state index contributed by atoms with van der Waals surface area (Å²) < 4.78 is 16.5. The first kappa shape index (κ1) is 73.1. The maximum atomic E-state index is 3.68. The lowest BCUT2D eigenvalue weighted by atomic mass is 9.70. The summed E-state index contributed by atoms with van der Waals surface area (Å²) in [5.74, 6) is 0. The summed E-state index contributed by atoms with van der Waals surface area (Å²) in [6.45, 7) is 0. The van der Waals surface area contributed by atoms with Gasteiger partial charge < -0.3 is 14.7 Å². The Morgan fingerprint density at radius 1 is 0.167 bits per heavy atom. The lowest BCUT2D eigenvalue weighted by Gasteiger charge is -2.32. The van der Waals surface area contributed by atoms with Crippen molar-refractivity contribution >= 4 is 257 Å². The van der Waals surface area contributed by atoms with Crippen molar-refractivity contribution < 1.29 is 0 Å². The average molecular weight is 1820 g/mol. The molecule has 1 spiro atoms. The molecule has 0 fully saturated rings. The van der Waals surface area contributed by atoms with Crippen LogP contribution in [0.25, 0.3) is 134 Å². The molecule has 3 nitrogen and oxygen atoms in total. The molecular weight excluding hydrogens is 1750 g/mol. The van der Waals surface area contributed by atoms with Gasteiger partial charge >= 0.3 is 0 Å². The van der Waals surface area contributed by atoms with E-state index in [9.17, 15) is 0 Å². The second-order valence-electron chi connectivity index (χ2n) is 30.5. The number of hydrogen-bond acceptors (Lipinski definition) is 8. The topological polar surface area (TPSA) is 9.72 Å². The van der Waals surface area contributed by atoms with Gasteiger partial charge in [0.05, 0.1) is 5.41 Å². The molecule has 5 heterocycles. The first-order chi connectivity index (χ1) is 59.2. The molecule has 120 heavy (non-hydrogen) atoms. The molecule has 0 saturated carbocycles. The Bertz CT molecular complexity index is 7940. The van der Waals surface area contributed by atoms with Crippen LogP contribution in [0, 0.1) is 0 Å². The summed E-state index contributed by atoms with van der Waals surface area (Å²) in [6, 6.07) is 147. The molecule has 0 N–H and O–H groups in total. The quantitative estimate of drug-likeness (QED) is 0.135. The van der Waals surface area contributed by atoms with E-state index < -0.39 is 0 Å². The fourth-order valence-corrected chi connectivity index (χ4v) is 25.1. The van der Waals surface area contributed by atoms with Crippen LogP contribution in [-0.4, -0.2) is 0 Å². The monoisotopic (exact) mass is 1810 g/mol. The highest BCUT2D eigenvalue weighted by Gasteiger charge is 2.52. The highest BCUT2D eigenvalue weighted by molar-refractivity contribution is 9.11. The van der Waals surface area contributed by atoms with Gasteiger partial charge in [0.25, 0.3) is 0 Å². The Balaban J connectivity index is 0.000000106. The van der Waals surface area contributed by atoms with E-state index in [1.165, 1.54) is 168 Å². The van der Waals surface area contributed by atoms with Crippen molar-refractivity contribution in [2.75, 3.05) is 14.7 Å². The summed E-state index contributed by atoms with van der Waals surface area (Å²) >= 11 is 20.2. The Morgan fingerprint density at radius 2 is 0.442 bits per heavy atom. The molecule has 0 bridgehead atoms. The Hall–Kier alpha value is -12.1. The highest BCUT2D eigenvalue weighted by Crippen LogP contribution is 2.64. The number of hydrogen-bond donors (Lipinski definition) is 0. The van der Waals surface area contributed by atoms with Gasteiger partial charge in [0.15, 0.2) is 0 Å². The molecule has 2 aliphatic rings. The van der Waals surface area contributed by atoms with Gasteiger partial charge in [0.2, 0.25) is 0 Å². The largest absolute Gasteiger partial charge is 0.310 e. The van der Waals surface area contributed by atoms with Gasteiger partial charge in [-0.2, -0.15) is 0 Å². The minimum Gasteiger partial charge on any atom is -0.310 e. The van der Waals surface area contributed by atoms with Gasteiger partial charge in [-0.15, -0.1) is 56.7 Å². The zero-order valence-electron chi connectivity index (χ0n) is 64.1. The maximum Gasteiger partial charge on any atom is 0.0726 e. The van der Waals surface area contributed by atoms with Crippen LogP contribution >= 0.6 is 104 Å². The first-order valence-corrected chi connectivity index (χ1v) is 46.4. The number of nitrogens with zero attached hydrogens (tertiary/aromatic N) is 3. The first-order valence-electron chi connectivity index (χ1n) is 40.0. The summed E-state index contributed by atoms with van der Waals surface area (Å²) in [7, 11) is 0. The second kappa shape index (κ2) is 30.0. The van der Waals surface area contributed by atoms with Gasteiger partial charge in [-0.05, 0) is 250 Å². The van der Waals surface area contributed by atoms with Crippen molar-refractivity contribution in [1.82, 2.24) is 0 Å². The number of fused-ring (bicyclic) bond motifs is 25. The number of halogens is 3. The highest BCUT2D eigenvalue weighted by atomic mass is 79.9. The van der Waals surface area contributed by atoms with Crippen LogP contribution in [0.2, 0.25) is 0 Å². The van der Waals surface area contributed by atoms with E-state index >= 15 is 0 Å². The molecule has 568 valence electrons. The van der Waals surface area contributed by atoms with Crippen molar-refractivity contribution in [2.45, 2.75) is 5.41 Å². The molecule has 0 aliphatic heterocycles. The molecule has 18 aromatic carbocycles. The van der Waals surface area contributed by atoms with Gasteiger partial charge in [-0.25, -0.2) is 0 Å². The zero-order chi connectivity index (χ0) is 79.7. The Morgan fingerprint density at radius 3 is 0.883 bits per heavy atom. The molecule has 0 unspecified atom stereocenters. The lowest BCUT2D eigenvalue weighted by Crippen LogP contribution is -2.26. The molecule has 5 aromatic heterocycles. The molecule has 0 radical (unpaired) electrons. The summed E-state index contributed by atoms with van der Waals surface area (Å²) in [6.07, 6.45) is 0. The molecule has 25 rings (SSSR count). The van der Waals surface area contributed by atoms with Crippen LogP contribution in [0.1, 0.15) is 22.3 Å². The summed E-state index contributed by atoms with van der Waals surface area (Å²) in [4.78, 5) is 7.13. The predicted molar refractivity (Wildman–Crippen MR) is 533 cm³/mol. The minimum absolute atomic E-state index is 0.375. The van der Waals surface area contributed by atoms with Crippen LogP contribution < -0.4 is 14.7 Å². The van der Waals surface area contributed by atoms with E-state index in [2.05, 4.69) is 463 Å². The number of benzene rings is 18. The second-order valence-corrected chi connectivity index (χ2v) is 38.7. The van der Waals surface area contributed by atoms with E-state index in [4.69, 9.17) is 0 Å². The van der Waals surface area contributed by atoms with E-state index in [-0.39, 0.29) is 5.41 Å². The van der Waals surface area contributed by atoms with Crippen LogP contribution in [0.3, 0.4) is 0 Å². The SMILES string of the molecule is Brc1ccc2sc3cc(N(c4ccccc4)c4ccc(-c5ccc6sc7ccccc7c6c5)cc4)ccc3c2c1.Brc1ccc2sc3cc(N(c4ccccc4)c4ccc5c(c4)C4(c6ccccc6-c6ccccc64)c4ccccc4-5)ccc3c2c1.Brc1ccc2sc3cc(N(c4ccccc4)c4ccc5sc6ccccc6c5c4)ccc3c2c1. The smallest absolute Gasteiger partial charge is 0.0726 e. The Labute approximate surface area is 738 Å². The molecule has 2 aliphatic carbocycles. The number of anilines is 9. The van der Waals surface area contributed by atoms with Crippen LogP contribution in [0.15, 0.2) is 414 Å². The Kier molecular flexibility index (Phi) is 18.3. The fraction of sp³-hybridized carbons (Fsp3) is 0.00917. The predicted octanol–water partition coefficient (Wildman–Crippen LogP) is 35.6. The van der Waals surface area contributed by atoms with Crippen molar-refractivity contribution in [3.63, 3.8) is 0 Å². The van der Waals surface area contributed by atoms with Crippen LogP contribution in [-0.2, 0) is 5.41 Å². The zero-order valence-corrected chi connectivity index (χ0v) is 73.0. The van der Waals surface area contributed by atoms with Gasteiger partial charge in [0, 0.05) is 165 Å². The van der Waals surface area contributed by atoms with E-state index in [1.54, 1.807) is 0 Å². The maximum absolute atomic E-state index is 3.68. The summed E-state index contributed by atoms with van der Waals surface area (Å²) in [5.41, 5.74) is 23.2. The number of thiophene rings is 5. The standard InChI is InChI=1S/C43H26BrNS.C36H22BrNS2.C30H18BrNS2/c44-27-18-23-41-36(24-27)35-22-20-30(26-42(35)46-41)45(28-10-2-1-3-11-28)29-19-21-34-33-14-6-9-17-39(33)43(40(34)25-29)37-15-7-4-12-31(37)32-13-5-8-16-38(32)43;37-25-13-19-35-32(21-25)30-17-16-28(22-36(30)40-35)38(26-6-2-1-3-7-26)27-14-10-23(11-15-27)24-12-18-34-31(20-24)29-8-4-5-9-33(29)39-34;31-19-10-14-28-25(16-19)24-13-11-22(18-30(24)34-28)32(20-6-2-1-3-7-20)21-12-15-29-26(17-21)23-8-4-5-9-27(23)33-29/h1-26H;1-22H;1-18H. The summed E-state index contributed by atoms with van der Waals surface area (Å²) in [5, 5.41) is 13.1. The van der Waals surface area contributed by atoms with Crippen LogP contribution in [0.4, 0.5) is 51.2 Å². The van der Waals surface area contributed by atoms with Crippen molar-refractivity contribution in [2.24, 2.45) is 0 Å². The van der Waals surface area contributed by atoms with Gasteiger partial charge in [-0.3, -0.25) is 0 Å². The van der Waals surface area contributed by atoms with Crippen LogP contribution in [0.5, 0.6) is 0 Å². The average Bonchev–Trinajstić information content (AvgIpc) is 1.51. The third-order valence-electron chi connectivity index (χ3n) is 23.8. The molecule has 0 saturated heterocycles. The van der Waals surface area contributed by atoms with Crippen molar-refractivity contribution in [3.8, 4) is 33.4 Å². The number of rotatable bonds is 10. The number of para-hydroxylation sites is 3. The normalized spacial score (nSPS) is 12.4. The third-order valence-corrected chi connectivity index (χ3v) is 30.9. The van der Waals surface area contributed by atoms with Gasteiger partial charge in [-0.1, -0.05) is 254 Å². The van der Waals surface area contributed by atoms with E-state index in [0.29, 0.717) is 0 Å². The lowest BCUT2D eigenvalue weighted by molar-refractivity contribution is 0.793.